The van der Waals surface area contributed by atoms with Gasteiger partial charge in [0.1, 0.15) is 6.54 Å². The van der Waals surface area contributed by atoms with E-state index in [4.69, 9.17) is 4.74 Å². The van der Waals surface area contributed by atoms with Crippen molar-refractivity contribution in [3.05, 3.63) is 50.2 Å². The van der Waals surface area contributed by atoms with Crippen LogP contribution in [0, 0.1) is 19.8 Å². The van der Waals surface area contributed by atoms with E-state index in [2.05, 4.69) is 24.5 Å². The first-order valence-corrected chi connectivity index (χ1v) is 14.1. The van der Waals surface area contributed by atoms with E-state index in [1.807, 2.05) is 4.90 Å². The Morgan fingerprint density at radius 3 is 2.68 bits per heavy atom. The molecule has 5 amide bonds. The quantitative estimate of drug-likeness (QED) is 0.614. The van der Waals surface area contributed by atoms with Crippen molar-refractivity contribution < 1.29 is 23.9 Å². The van der Waals surface area contributed by atoms with E-state index >= 15 is 0 Å². The summed E-state index contributed by atoms with van der Waals surface area (Å²) in [6, 6.07) is 5.00. The zero-order valence-corrected chi connectivity index (χ0v) is 22.7. The molecule has 0 unspecified atom stereocenters. The summed E-state index contributed by atoms with van der Waals surface area (Å²) < 4.78 is 5.75. The van der Waals surface area contributed by atoms with Gasteiger partial charge in [-0.15, -0.1) is 11.3 Å². The summed E-state index contributed by atoms with van der Waals surface area (Å²) in [5.74, 6) is -0.201. The summed E-state index contributed by atoms with van der Waals surface area (Å²) in [6.45, 7) is 4.49. The molecule has 1 spiro atoms. The van der Waals surface area contributed by atoms with Crippen LogP contribution in [-0.4, -0.2) is 53.4 Å². The number of nitrogens with one attached hydrogen (secondary N) is 2. The van der Waals surface area contributed by atoms with Crippen molar-refractivity contribution >= 4 is 41.0 Å². The van der Waals surface area contributed by atoms with Gasteiger partial charge >= 0.3 is 12.1 Å². The lowest BCUT2D eigenvalue weighted by molar-refractivity contribution is -0.143. The molecule has 4 aliphatic rings. The average molecular weight is 537 g/mol. The van der Waals surface area contributed by atoms with Crippen LogP contribution in [0.1, 0.15) is 57.7 Å². The fraction of sp³-hybridized carbons (Fsp3) is 0.500. The van der Waals surface area contributed by atoms with Crippen molar-refractivity contribution in [3.63, 3.8) is 0 Å². The number of hydrogen-bond donors (Lipinski definition) is 2. The molecule has 1 saturated carbocycles. The summed E-state index contributed by atoms with van der Waals surface area (Å²) in [5.41, 5.74) is 3.31. The fourth-order valence-corrected chi connectivity index (χ4v) is 7.54. The molecule has 2 aromatic rings. The molecular weight excluding hydrogens is 504 g/mol. The molecular formula is C28H32N4O5S. The second kappa shape index (κ2) is 9.11. The van der Waals surface area contributed by atoms with Crippen LogP contribution in [0.5, 0.6) is 0 Å². The first kappa shape index (κ1) is 24.9. The third-order valence-corrected chi connectivity index (χ3v) is 9.86. The molecule has 6 rings (SSSR count). The summed E-state index contributed by atoms with van der Waals surface area (Å²) in [6.07, 6.45) is 4.15. The number of hydrogen-bond acceptors (Lipinski definition) is 6. The van der Waals surface area contributed by atoms with Gasteiger partial charge in [-0.1, -0.05) is 6.07 Å². The number of anilines is 1. The van der Waals surface area contributed by atoms with Crippen LogP contribution >= 0.6 is 11.3 Å². The fourth-order valence-electron chi connectivity index (χ4n) is 6.31. The molecule has 0 radical (unpaired) electrons. The minimum atomic E-state index is -1.41. The van der Waals surface area contributed by atoms with Gasteiger partial charge in [-0.3, -0.25) is 9.59 Å². The number of fused-ring (bicyclic) bond motifs is 3. The van der Waals surface area contributed by atoms with Crippen molar-refractivity contribution in [2.24, 2.45) is 5.92 Å². The van der Waals surface area contributed by atoms with Crippen LogP contribution in [0.25, 0.3) is 0 Å². The van der Waals surface area contributed by atoms with Crippen molar-refractivity contribution in [2.45, 2.75) is 70.6 Å². The van der Waals surface area contributed by atoms with Gasteiger partial charge in [-0.05, 0) is 80.7 Å². The second-order valence-corrected chi connectivity index (χ2v) is 12.1. The number of carbonyl (C=O) groups is 4. The first-order chi connectivity index (χ1) is 18.2. The lowest BCUT2D eigenvalue weighted by Crippen LogP contribution is -2.48. The zero-order valence-electron chi connectivity index (χ0n) is 21.9. The van der Waals surface area contributed by atoms with Crippen LogP contribution in [0.3, 0.4) is 0 Å². The van der Waals surface area contributed by atoms with Gasteiger partial charge in [0.25, 0.3) is 5.91 Å². The maximum absolute atomic E-state index is 13.7. The van der Waals surface area contributed by atoms with Crippen LogP contribution in [0.15, 0.2) is 18.2 Å². The van der Waals surface area contributed by atoms with Crippen molar-refractivity contribution in [1.82, 2.24) is 15.1 Å². The molecule has 10 heteroatoms. The minimum Gasteiger partial charge on any atom is -0.427 e. The number of thiophene rings is 1. The van der Waals surface area contributed by atoms with Crippen LogP contribution in [-0.2, 0) is 39.3 Å². The molecule has 9 nitrogen and oxygen atoms in total. The normalized spacial score (nSPS) is 24.2. The third kappa shape index (κ3) is 3.97. The Labute approximate surface area is 225 Å². The van der Waals surface area contributed by atoms with E-state index in [1.54, 1.807) is 29.5 Å². The van der Waals surface area contributed by atoms with Gasteiger partial charge in [0.2, 0.25) is 11.5 Å². The Morgan fingerprint density at radius 1 is 1.16 bits per heavy atom. The molecule has 3 heterocycles. The van der Waals surface area contributed by atoms with Gasteiger partial charge in [0, 0.05) is 40.5 Å². The smallest absolute Gasteiger partial charge is 0.418 e. The maximum atomic E-state index is 13.7. The molecule has 2 fully saturated rings. The highest BCUT2D eigenvalue weighted by molar-refractivity contribution is 7.12. The number of imide groups is 1. The second-order valence-electron chi connectivity index (χ2n) is 10.8. The molecule has 200 valence electrons. The van der Waals surface area contributed by atoms with Crippen LogP contribution in [0.4, 0.5) is 15.3 Å². The summed E-state index contributed by atoms with van der Waals surface area (Å²) in [7, 11) is 1.53. The largest absolute Gasteiger partial charge is 0.427 e. The predicted molar refractivity (Wildman–Crippen MR) is 142 cm³/mol. The SMILES string of the molecule is CNC(=O)Nc1ccc2c(c1)CC[C@]21OC(=O)N(CC(=O)N2Cc3sc(C)c(C)c3CC[C@H]2C2CC2)C1=O. The van der Waals surface area contributed by atoms with Crippen molar-refractivity contribution in [2.75, 3.05) is 18.9 Å². The summed E-state index contributed by atoms with van der Waals surface area (Å²) in [4.78, 5) is 57.6. The highest BCUT2D eigenvalue weighted by Gasteiger charge is 2.58. The zero-order chi connectivity index (χ0) is 26.8. The maximum Gasteiger partial charge on any atom is 0.418 e. The number of ether oxygens (including phenoxy) is 1. The lowest BCUT2D eigenvalue weighted by atomic mass is 9.94. The van der Waals surface area contributed by atoms with Crippen LogP contribution < -0.4 is 10.6 Å². The van der Waals surface area contributed by atoms with Crippen molar-refractivity contribution in [1.29, 1.82) is 0 Å². The number of carbonyl (C=O) groups excluding carboxylic acids is 4. The summed E-state index contributed by atoms with van der Waals surface area (Å²) >= 11 is 1.75. The monoisotopic (exact) mass is 536 g/mol. The van der Waals surface area contributed by atoms with E-state index in [0.717, 1.165) is 36.1 Å². The van der Waals surface area contributed by atoms with Gasteiger partial charge in [-0.25, -0.2) is 14.5 Å². The highest BCUT2D eigenvalue weighted by atomic mass is 32.1. The first-order valence-electron chi connectivity index (χ1n) is 13.3. The topological polar surface area (TPSA) is 108 Å². The predicted octanol–water partition coefficient (Wildman–Crippen LogP) is 3.99. The Kier molecular flexibility index (Phi) is 5.97. The van der Waals surface area contributed by atoms with E-state index < -0.39 is 17.6 Å². The Bertz CT molecular complexity index is 1370. The Morgan fingerprint density at radius 2 is 1.95 bits per heavy atom. The number of nitrogens with zero attached hydrogens (tertiary/aromatic N) is 2. The van der Waals surface area contributed by atoms with Crippen molar-refractivity contribution in [3.8, 4) is 0 Å². The summed E-state index contributed by atoms with van der Waals surface area (Å²) in [5, 5.41) is 5.23. The molecule has 1 aromatic carbocycles. The Hall–Kier alpha value is -3.40. The number of benzene rings is 1. The molecule has 1 saturated heterocycles. The molecule has 38 heavy (non-hydrogen) atoms. The van der Waals surface area contributed by atoms with Gasteiger partial charge in [-0.2, -0.15) is 0 Å². The number of amides is 5. The number of urea groups is 1. The minimum absolute atomic E-state index is 0.128. The van der Waals surface area contributed by atoms with Gasteiger partial charge < -0.3 is 20.3 Å². The average Bonchev–Trinajstić information content (AvgIpc) is 3.61. The van der Waals surface area contributed by atoms with E-state index in [0.29, 0.717) is 36.6 Å². The van der Waals surface area contributed by atoms with E-state index in [-0.39, 0.29) is 24.5 Å². The number of aryl methyl sites for hydroxylation is 2. The molecule has 2 atom stereocenters. The number of rotatable bonds is 4. The highest BCUT2D eigenvalue weighted by Crippen LogP contribution is 2.46. The molecule has 2 N–H and O–H groups in total. The molecule has 2 aliphatic heterocycles. The van der Waals surface area contributed by atoms with Gasteiger partial charge in [0.05, 0.1) is 6.54 Å². The van der Waals surface area contributed by atoms with E-state index in [9.17, 15) is 19.2 Å². The molecule has 0 bridgehead atoms. The van der Waals surface area contributed by atoms with Gasteiger partial charge in [0.15, 0.2) is 0 Å². The van der Waals surface area contributed by atoms with Crippen LogP contribution in [0.2, 0.25) is 0 Å². The Balaban J connectivity index is 1.23. The third-order valence-electron chi connectivity index (χ3n) is 8.62. The molecule has 1 aromatic heterocycles. The lowest BCUT2D eigenvalue weighted by Gasteiger charge is -2.31. The van der Waals surface area contributed by atoms with E-state index in [1.165, 1.54) is 27.9 Å². The molecule has 2 aliphatic carbocycles. The standard InChI is InChI=1S/C28H32N4O5S/c1-15-16(2)38-23-13-31(22(17-4-5-17)9-7-20(15)23)24(33)14-32-25(34)28(37-27(32)36)11-10-18-12-19(6-8-21(18)28)30-26(35)29-3/h6,8,12,17,22H,4-5,7,9-11,13-14H2,1-3H3,(H2,29,30,35)/t22-,28-/m0/s1.